The van der Waals surface area contributed by atoms with Gasteiger partial charge in [0.25, 0.3) is 0 Å². The molecule has 1 aromatic carbocycles. The van der Waals surface area contributed by atoms with Crippen molar-refractivity contribution in [2.75, 3.05) is 21.3 Å². The van der Waals surface area contributed by atoms with Gasteiger partial charge < -0.3 is 19.3 Å². The Morgan fingerprint density at radius 3 is 2.33 bits per heavy atom. The second-order valence-corrected chi connectivity index (χ2v) is 4.05. The number of halogens is 2. The van der Waals surface area contributed by atoms with E-state index in [1.54, 1.807) is 0 Å². The quantitative estimate of drug-likeness (QED) is 0.856. The van der Waals surface area contributed by atoms with Crippen LogP contribution in [0.2, 0.25) is 0 Å². The molecule has 1 atom stereocenters. The van der Waals surface area contributed by atoms with Gasteiger partial charge in [-0.05, 0) is 22.0 Å². The van der Waals surface area contributed by atoms with Crippen LogP contribution in [-0.2, 0) is 9.53 Å². The standard InChI is InChI=1S/C11H12BrFO5/c1-16-9-5(8(14)11(15)18-3)4-6(13)10(17-2)7(9)12/h4,8,14H,1-3H3. The minimum atomic E-state index is -1.64. The number of methoxy groups -OCH3 is 3. The predicted octanol–water partition coefficient (Wildman–Crippen LogP) is 1.81. The summed E-state index contributed by atoms with van der Waals surface area (Å²) in [6, 6.07) is 0.962. The number of hydrogen-bond donors (Lipinski definition) is 1. The molecule has 5 nitrogen and oxygen atoms in total. The van der Waals surface area contributed by atoms with Crippen molar-refractivity contribution < 1.29 is 28.5 Å². The van der Waals surface area contributed by atoms with Crippen molar-refractivity contribution >= 4 is 21.9 Å². The Hall–Kier alpha value is -1.34. The molecule has 0 aliphatic rings. The lowest BCUT2D eigenvalue weighted by Gasteiger charge is -2.16. The lowest BCUT2D eigenvalue weighted by atomic mass is 10.1. The number of rotatable bonds is 4. The smallest absolute Gasteiger partial charge is 0.339 e. The molecule has 0 saturated heterocycles. The topological polar surface area (TPSA) is 65.0 Å². The summed E-state index contributed by atoms with van der Waals surface area (Å²) in [7, 11) is 3.73. The van der Waals surface area contributed by atoms with Crippen molar-refractivity contribution in [2.24, 2.45) is 0 Å². The summed E-state index contributed by atoms with van der Waals surface area (Å²) in [5.74, 6) is -1.62. The van der Waals surface area contributed by atoms with Crippen LogP contribution in [0, 0.1) is 5.82 Å². The van der Waals surface area contributed by atoms with E-state index in [1.165, 1.54) is 14.2 Å². The highest BCUT2D eigenvalue weighted by Crippen LogP contribution is 2.41. The van der Waals surface area contributed by atoms with Gasteiger partial charge >= 0.3 is 5.97 Å². The SMILES string of the molecule is COC(=O)C(O)c1cc(F)c(OC)c(Br)c1OC. The second-order valence-electron chi connectivity index (χ2n) is 3.25. The molecule has 0 fully saturated rings. The fourth-order valence-corrected chi connectivity index (χ4v) is 2.18. The number of carbonyl (C=O) groups excluding carboxylic acids is 1. The third-order valence-corrected chi connectivity index (χ3v) is 3.01. The molecule has 0 saturated carbocycles. The van der Waals surface area contributed by atoms with Crippen LogP contribution in [0.3, 0.4) is 0 Å². The number of aliphatic hydroxyl groups is 1. The van der Waals surface area contributed by atoms with Crippen molar-refractivity contribution in [3.63, 3.8) is 0 Å². The Bertz CT molecular complexity index is 463. The predicted molar refractivity (Wildman–Crippen MR) is 64.2 cm³/mol. The largest absolute Gasteiger partial charge is 0.495 e. The fourth-order valence-electron chi connectivity index (χ4n) is 1.44. The molecule has 0 bridgehead atoms. The zero-order valence-corrected chi connectivity index (χ0v) is 11.6. The Kier molecular flexibility index (Phi) is 4.92. The third-order valence-electron chi connectivity index (χ3n) is 2.29. The van der Waals surface area contributed by atoms with Crippen molar-refractivity contribution in [1.82, 2.24) is 0 Å². The summed E-state index contributed by atoms with van der Waals surface area (Å²) < 4.78 is 28.1. The van der Waals surface area contributed by atoms with Crippen LogP contribution >= 0.6 is 15.9 Å². The van der Waals surface area contributed by atoms with E-state index in [0.29, 0.717) is 0 Å². The van der Waals surface area contributed by atoms with Gasteiger partial charge in [0.15, 0.2) is 17.7 Å². The minimum absolute atomic E-state index is 0.0467. The van der Waals surface area contributed by atoms with Crippen molar-refractivity contribution in [3.05, 3.63) is 21.9 Å². The summed E-state index contributed by atoms with van der Waals surface area (Å²) >= 11 is 3.09. The number of aliphatic hydroxyl groups excluding tert-OH is 1. The summed E-state index contributed by atoms with van der Waals surface area (Å²) in [6.45, 7) is 0. The highest BCUT2D eigenvalue weighted by molar-refractivity contribution is 9.10. The van der Waals surface area contributed by atoms with Crippen LogP contribution in [0.15, 0.2) is 10.5 Å². The Labute approximate surface area is 112 Å². The van der Waals surface area contributed by atoms with Crippen LogP contribution in [0.1, 0.15) is 11.7 Å². The first-order chi connectivity index (χ1) is 8.47. The molecule has 0 aliphatic carbocycles. The number of hydrogen-bond acceptors (Lipinski definition) is 5. The number of benzene rings is 1. The van der Waals surface area contributed by atoms with Crippen molar-refractivity contribution in [3.8, 4) is 11.5 Å². The molecular weight excluding hydrogens is 311 g/mol. The molecule has 0 heterocycles. The van der Waals surface area contributed by atoms with E-state index < -0.39 is 17.9 Å². The summed E-state index contributed by atoms with van der Waals surface area (Å²) in [5, 5.41) is 9.73. The average molecular weight is 323 g/mol. The molecule has 18 heavy (non-hydrogen) atoms. The summed E-state index contributed by atoms with van der Waals surface area (Å²) in [6.07, 6.45) is -1.64. The molecule has 0 aliphatic heterocycles. The Morgan fingerprint density at radius 2 is 1.89 bits per heavy atom. The van der Waals surface area contributed by atoms with E-state index in [2.05, 4.69) is 20.7 Å². The maximum atomic E-state index is 13.7. The molecule has 0 aromatic heterocycles. The average Bonchev–Trinajstić information content (AvgIpc) is 2.36. The molecule has 0 radical (unpaired) electrons. The molecule has 0 amide bonds. The van der Waals surface area contributed by atoms with Gasteiger partial charge in [-0.1, -0.05) is 0 Å². The van der Waals surface area contributed by atoms with Gasteiger partial charge in [-0.15, -0.1) is 0 Å². The van der Waals surface area contributed by atoms with Crippen LogP contribution < -0.4 is 9.47 Å². The number of ether oxygens (including phenoxy) is 3. The highest BCUT2D eigenvalue weighted by Gasteiger charge is 2.27. The maximum absolute atomic E-state index is 13.7. The molecule has 1 N–H and O–H groups in total. The first kappa shape index (κ1) is 14.7. The molecular formula is C11H12BrFO5. The van der Waals surface area contributed by atoms with Gasteiger partial charge in [0.05, 0.1) is 21.3 Å². The van der Waals surface area contributed by atoms with Gasteiger partial charge in [0.1, 0.15) is 10.2 Å². The van der Waals surface area contributed by atoms with Gasteiger partial charge in [-0.2, -0.15) is 0 Å². The second kappa shape index (κ2) is 6.01. The third kappa shape index (κ3) is 2.56. The monoisotopic (exact) mass is 322 g/mol. The van der Waals surface area contributed by atoms with Gasteiger partial charge in [0, 0.05) is 5.56 Å². The summed E-state index contributed by atoms with van der Waals surface area (Å²) in [4.78, 5) is 11.3. The Balaban J connectivity index is 3.41. The fraction of sp³-hybridized carbons (Fsp3) is 0.364. The highest BCUT2D eigenvalue weighted by atomic mass is 79.9. The van der Waals surface area contributed by atoms with E-state index in [1.807, 2.05) is 0 Å². The van der Waals surface area contributed by atoms with Crippen molar-refractivity contribution in [2.45, 2.75) is 6.10 Å². The van der Waals surface area contributed by atoms with Gasteiger partial charge in [-0.25, -0.2) is 9.18 Å². The molecule has 1 unspecified atom stereocenters. The lowest BCUT2D eigenvalue weighted by molar-refractivity contribution is -0.150. The first-order valence-electron chi connectivity index (χ1n) is 4.83. The van der Waals surface area contributed by atoms with Crippen molar-refractivity contribution in [1.29, 1.82) is 0 Å². The van der Waals surface area contributed by atoms with E-state index in [0.717, 1.165) is 13.2 Å². The lowest BCUT2D eigenvalue weighted by Crippen LogP contribution is -2.15. The minimum Gasteiger partial charge on any atom is -0.495 e. The molecule has 1 rings (SSSR count). The van der Waals surface area contributed by atoms with Gasteiger partial charge in [0.2, 0.25) is 0 Å². The van der Waals surface area contributed by atoms with Crippen LogP contribution in [0.4, 0.5) is 4.39 Å². The normalized spacial score (nSPS) is 11.9. The molecule has 7 heteroatoms. The maximum Gasteiger partial charge on any atom is 0.339 e. The number of carbonyl (C=O) groups is 1. The van der Waals surface area contributed by atoms with Gasteiger partial charge in [-0.3, -0.25) is 0 Å². The first-order valence-corrected chi connectivity index (χ1v) is 5.63. The van der Waals surface area contributed by atoms with E-state index in [-0.39, 0.29) is 21.5 Å². The van der Waals surface area contributed by atoms with E-state index >= 15 is 0 Å². The van der Waals surface area contributed by atoms with E-state index in [9.17, 15) is 14.3 Å². The molecule has 100 valence electrons. The zero-order chi connectivity index (χ0) is 13.9. The van der Waals surface area contributed by atoms with E-state index in [4.69, 9.17) is 9.47 Å². The molecule has 1 aromatic rings. The zero-order valence-electron chi connectivity index (χ0n) is 9.99. The van der Waals surface area contributed by atoms with Crippen LogP contribution in [-0.4, -0.2) is 32.4 Å². The summed E-state index contributed by atoms with van der Waals surface area (Å²) in [5.41, 5.74) is -0.0467. The number of esters is 1. The Morgan fingerprint density at radius 1 is 1.33 bits per heavy atom. The van der Waals surface area contributed by atoms with Crippen LogP contribution in [0.5, 0.6) is 11.5 Å². The van der Waals surface area contributed by atoms with Crippen LogP contribution in [0.25, 0.3) is 0 Å². The molecule has 0 spiro atoms.